The Labute approximate surface area is 123 Å². The number of benzene rings is 1. The molecular formula is C14H17N3O3S. The monoisotopic (exact) mass is 307 g/mol. The first kappa shape index (κ1) is 14.1. The van der Waals surface area contributed by atoms with Crippen molar-refractivity contribution in [1.29, 1.82) is 0 Å². The molecule has 0 bridgehead atoms. The predicted octanol–water partition coefficient (Wildman–Crippen LogP) is 2.85. The van der Waals surface area contributed by atoms with Gasteiger partial charge < -0.3 is 4.74 Å². The van der Waals surface area contributed by atoms with E-state index in [1.165, 1.54) is 0 Å². The Morgan fingerprint density at radius 2 is 1.95 bits per heavy atom. The molecule has 0 saturated carbocycles. The topological polar surface area (TPSA) is 77.6 Å². The molecule has 1 aliphatic heterocycles. The third-order valence-electron chi connectivity index (χ3n) is 3.41. The molecule has 0 aliphatic carbocycles. The molecule has 1 fully saturated rings. The molecule has 0 N–H and O–H groups in total. The van der Waals surface area contributed by atoms with Crippen molar-refractivity contribution in [3.05, 3.63) is 35.7 Å². The third-order valence-corrected chi connectivity index (χ3v) is 5.80. The van der Waals surface area contributed by atoms with E-state index in [2.05, 4.69) is 19.3 Å². The van der Waals surface area contributed by atoms with Crippen LogP contribution in [0.1, 0.15) is 24.2 Å². The average molecular weight is 307 g/mol. The van der Waals surface area contributed by atoms with E-state index in [1.54, 1.807) is 0 Å². The Hall–Kier alpha value is -1.89. The van der Waals surface area contributed by atoms with Gasteiger partial charge in [-0.25, -0.2) is 8.84 Å². The number of hydrogen-bond acceptors (Lipinski definition) is 6. The van der Waals surface area contributed by atoms with Gasteiger partial charge in [-0.3, -0.25) is 0 Å². The summed E-state index contributed by atoms with van der Waals surface area (Å²) in [5.74, 6) is 2.13. The fourth-order valence-corrected chi connectivity index (χ4v) is 4.38. The van der Waals surface area contributed by atoms with Crippen LogP contribution in [-0.4, -0.2) is 26.0 Å². The van der Waals surface area contributed by atoms with Crippen LogP contribution in [-0.2, 0) is 16.3 Å². The fourth-order valence-electron chi connectivity index (χ4n) is 2.18. The van der Waals surface area contributed by atoms with Crippen molar-refractivity contribution in [2.75, 3.05) is 11.5 Å². The summed E-state index contributed by atoms with van der Waals surface area (Å²) in [6.45, 7) is 2.12. The van der Waals surface area contributed by atoms with Crippen LogP contribution in [0.4, 0.5) is 5.69 Å². The van der Waals surface area contributed by atoms with E-state index in [0.717, 1.165) is 24.2 Å². The van der Waals surface area contributed by atoms with Crippen molar-refractivity contribution in [3.8, 4) is 5.75 Å². The molecule has 0 unspecified atom stereocenters. The molecule has 1 saturated heterocycles. The lowest BCUT2D eigenvalue weighted by Gasteiger charge is -2.05. The second-order valence-corrected chi connectivity index (χ2v) is 7.60. The first-order valence-corrected chi connectivity index (χ1v) is 8.73. The molecule has 112 valence electrons. The van der Waals surface area contributed by atoms with E-state index < -0.39 is 9.73 Å². The van der Waals surface area contributed by atoms with E-state index in [0.29, 0.717) is 29.6 Å². The number of rotatable bonds is 4. The Morgan fingerprint density at radius 3 is 2.57 bits per heavy atom. The van der Waals surface area contributed by atoms with Gasteiger partial charge in [-0.05, 0) is 44.0 Å². The average Bonchev–Trinajstić information content (AvgIpc) is 3.07. The van der Waals surface area contributed by atoms with Gasteiger partial charge in [0.25, 0.3) is 0 Å². The summed E-state index contributed by atoms with van der Waals surface area (Å²) >= 11 is 0. The maximum Gasteiger partial charge on any atom is 0.145 e. The summed E-state index contributed by atoms with van der Waals surface area (Å²) in [6.07, 6.45) is 2.02. The van der Waals surface area contributed by atoms with Gasteiger partial charge in [0.05, 0.1) is 15.4 Å². The summed E-state index contributed by atoms with van der Waals surface area (Å²) in [6, 6.07) is 7.29. The van der Waals surface area contributed by atoms with Crippen LogP contribution in [0.15, 0.2) is 33.3 Å². The van der Waals surface area contributed by atoms with Crippen molar-refractivity contribution >= 4 is 15.4 Å². The Morgan fingerprint density at radius 1 is 1.24 bits per heavy atom. The first-order chi connectivity index (χ1) is 10.1. The Bertz CT molecular complexity index is 718. The van der Waals surface area contributed by atoms with Crippen LogP contribution in [0.25, 0.3) is 0 Å². The summed E-state index contributed by atoms with van der Waals surface area (Å²) in [7, 11) is -2.02. The minimum absolute atomic E-state index is 0.308. The molecule has 7 heteroatoms. The predicted molar refractivity (Wildman–Crippen MR) is 79.0 cm³/mol. The summed E-state index contributed by atoms with van der Waals surface area (Å²) in [4.78, 5) is 0. The standard InChI is InChI=1S/C14H17N3O3S/c1-11-14(16-20-15-11)10-19-13-6-4-12(5-7-13)17-21(18)8-2-3-9-21/h4-7H,2-3,8-10H2,1H3. The molecule has 0 spiro atoms. The zero-order valence-electron chi connectivity index (χ0n) is 11.8. The Balaban J connectivity index is 1.67. The zero-order valence-corrected chi connectivity index (χ0v) is 12.6. The number of nitrogens with zero attached hydrogens (tertiary/aromatic N) is 3. The van der Waals surface area contributed by atoms with Gasteiger partial charge in [-0.1, -0.05) is 10.3 Å². The molecular weight excluding hydrogens is 290 g/mol. The van der Waals surface area contributed by atoms with Crippen molar-refractivity contribution in [1.82, 2.24) is 10.3 Å². The van der Waals surface area contributed by atoms with Gasteiger partial charge in [-0.2, -0.15) is 4.36 Å². The molecule has 1 aromatic heterocycles. The highest BCUT2D eigenvalue weighted by atomic mass is 32.2. The van der Waals surface area contributed by atoms with Crippen molar-refractivity contribution in [2.45, 2.75) is 26.4 Å². The summed E-state index contributed by atoms with van der Waals surface area (Å²) < 4.78 is 26.9. The molecule has 1 aromatic carbocycles. The van der Waals surface area contributed by atoms with Gasteiger partial charge >= 0.3 is 0 Å². The molecule has 0 radical (unpaired) electrons. The SMILES string of the molecule is Cc1nonc1COc1ccc(N=S2(=O)CCCC2)cc1. The quantitative estimate of drug-likeness (QED) is 0.868. The molecule has 0 amide bonds. The van der Waals surface area contributed by atoms with Crippen LogP contribution in [0.3, 0.4) is 0 Å². The van der Waals surface area contributed by atoms with Crippen LogP contribution < -0.4 is 4.74 Å². The molecule has 2 heterocycles. The first-order valence-electron chi connectivity index (χ1n) is 6.88. The lowest BCUT2D eigenvalue weighted by Crippen LogP contribution is -1.99. The normalized spacial score (nSPS) is 16.8. The molecule has 21 heavy (non-hydrogen) atoms. The minimum Gasteiger partial charge on any atom is -0.487 e. The molecule has 6 nitrogen and oxygen atoms in total. The summed E-state index contributed by atoms with van der Waals surface area (Å²) in [5, 5.41) is 7.45. The second kappa shape index (κ2) is 5.85. The van der Waals surface area contributed by atoms with Gasteiger partial charge in [0, 0.05) is 11.5 Å². The molecule has 3 rings (SSSR count). The molecule has 0 atom stereocenters. The van der Waals surface area contributed by atoms with Crippen molar-refractivity contribution in [2.24, 2.45) is 4.36 Å². The van der Waals surface area contributed by atoms with Gasteiger partial charge in [-0.15, -0.1) is 0 Å². The highest BCUT2D eigenvalue weighted by Crippen LogP contribution is 2.23. The largest absolute Gasteiger partial charge is 0.487 e. The van der Waals surface area contributed by atoms with Crippen LogP contribution in [0.2, 0.25) is 0 Å². The lowest BCUT2D eigenvalue weighted by atomic mass is 10.3. The number of hydrogen-bond donors (Lipinski definition) is 0. The maximum atomic E-state index is 12.3. The zero-order chi connectivity index (χ0) is 14.7. The summed E-state index contributed by atoms with van der Waals surface area (Å²) in [5.41, 5.74) is 2.14. The second-order valence-electron chi connectivity index (χ2n) is 5.06. The van der Waals surface area contributed by atoms with E-state index >= 15 is 0 Å². The van der Waals surface area contributed by atoms with E-state index in [1.807, 2.05) is 31.2 Å². The van der Waals surface area contributed by atoms with E-state index in [9.17, 15) is 4.21 Å². The Kier molecular flexibility index (Phi) is 3.92. The number of ether oxygens (including phenoxy) is 1. The fraction of sp³-hybridized carbons (Fsp3) is 0.429. The van der Waals surface area contributed by atoms with Crippen LogP contribution in [0, 0.1) is 6.92 Å². The highest BCUT2D eigenvalue weighted by molar-refractivity contribution is 7.93. The molecule has 2 aromatic rings. The third kappa shape index (κ3) is 3.41. The van der Waals surface area contributed by atoms with Gasteiger partial charge in [0.2, 0.25) is 0 Å². The van der Waals surface area contributed by atoms with Crippen LogP contribution >= 0.6 is 0 Å². The van der Waals surface area contributed by atoms with E-state index in [4.69, 9.17) is 4.74 Å². The number of aromatic nitrogens is 2. The molecule has 1 aliphatic rings. The smallest absolute Gasteiger partial charge is 0.145 e. The van der Waals surface area contributed by atoms with Gasteiger partial charge in [0.1, 0.15) is 23.7 Å². The van der Waals surface area contributed by atoms with Crippen LogP contribution in [0.5, 0.6) is 5.75 Å². The van der Waals surface area contributed by atoms with Gasteiger partial charge in [0.15, 0.2) is 0 Å². The number of aryl methyl sites for hydroxylation is 1. The lowest BCUT2D eigenvalue weighted by molar-refractivity contribution is 0.270. The van der Waals surface area contributed by atoms with Crippen molar-refractivity contribution < 1.29 is 13.6 Å². The van der Waals surface area contributed by atoms with E-state index in [-0.39, 0.29) is 0 Å². The van der Waals surface area contributed by atoms with Crippen molar-refractivity contribution in [3.63, 3.8) is 0 Å². The maximum absolute atomic E-state index is 12.3. The highest BCUT2D eigenvalue weighted by Gasteiger charge is 2.16. The minimum atomic E-state index is -2.02.